The van der Waals surface area contributed by atoms with E-state index in [1.807, 2.05) is 52.8 Å². The summed E-state index contributed by atoms with van der Waals surface area (Å²) in [6.07, 6.45) is 1.80. The zero-order valence-corrected chi connectivity index (χ0v) is 21.9. The van der Waals surface area contributed by atoms with E-state index in [-0.39, 0.29) is 30.4 Å². The van der Waals surface area contributed by atoms with Crippen LogP contribution < -0.4 is 10.6 Å². The van der Waals surface area contributed by atoms with Crippen LogP contribution in [-0.2, 0) is 14.3 Å². The minimum absolute atomic E-state index is 0.0103. The molecule has 0 aromatic heterocycles. The fourth-order valence-electron chi connectivity index (χ4n) is 3.69. The van der Waals surface area contributed by atoms with Gasteiger partial charge >= 0.3 is 6.09 Å². The van der Waals surface area contributed by atoms with E-state index in [2.05, 4.69) is 17.6 Å². The molecule has 1 aromatic rings. The van der Waals surface area contributed by atoms with Crippen LogP contribution in [0.5, 0.6) is 0 Å². The van der Waals surface area contributed by atoms with Gasteiger partial charge in [-0.15, -0.1) is 0 Å². The van der Waals surface area contributed by atoms with Crippen LogP contribution in [0.25, 0.3) is 0 Å². The van der Waals surface area contributed by atoms with Crippen LogP contribution in [0, 0.1) is 13.8 Å². The molecule has 0 saturated heterocycles. The van der Waals surface area contributed by atoms with Crippen LogP contribution >= 0.6 is 0 Å². The first kappa shape index (κ1) is 28.5. The second kappa shape index (κ2) is 12.6. The minimum Gasteiger partial charge on any atom is -0.444 e. The number of rotatable bonds is 10. The highest BCUT2D eigenvalue weighted by molar-refractivity contribution is 5.91. The molecule has 0 aliphatic heterocycles. The second-order valence-corrected chi connectivity index (χ2v) is 9.87. The number of nitrogens with zero attached hydrogens (tertiary/aromatic N) is 1. The van der Waals surface area contributed by atoms with Gasteiger partial charge in [-0.25, -0.2) is 4.79 Å². The number of carbonyl (C=O) groups is 3. The number of benzene rings is 1. The average molecular weight is 462 g/mol. The molecule has 186 valence electrons. The smallest absolute Gasteiger partial charge is 0.408 e. The third-order valence-corrected chi connectivity index (χ3v) is 5.50. The summed E-state index contributed by atoms with van der Waals surface area (Å²) < 4.78 is 5.26. The number of nitrogens with one attached hydrogen (secondary N) is 2. The van der Waals surface area contributed by atoms with E-state index in [4.69, 9.17) is 4.74 Å². The first-order valence-electron chi connectivity index (χ1n) is 12.0. The standard InChI is InChI=1S/C26H43N3O4/c1-10-12-19(5)28-24(31)23(21-15-17(3)13-14-18(21)4)29(20(6)11-2)22(30)16-27-25(32)33-26(7,8)9/h13-15,19-20,23H,10-12,16H2,1-9H3,(H,27,32)(H,28,31). The van der Waals surface area contributed by atoms with E-state index >= 15 is 0 Å². The highest BCUT2D eigenvalue weighted by Crippen LogP contribution is 2.29. The molecule has 7 heteroatoms. The molecule has 0 saturated carbocycles. The lowest BCUT2D eigenvalue weighted by Crippen LogP contribution is -2.52. The summed E-state index contributed by atoms with van der Waals surface area (Å²) in [4.78, 5) is 40.7. The molecule has 2 N–H and O–H groups in total. The number of aryl methyl sites for hydroxylation is 2. The number of amides is 3. The van der Waals surface area contributed by atoms with Crippen molar-refractivity contribution in [2.75, 3.05) is 6.54 Å². The van der Waals surface area contributed by atoms with Crippen LogP contribution in [0.4, 0.5) is 4.79 Å². The molecule has 33 heavy (non-hydrogen) atoms. The molecule has 0 radical (unpaired) electrons. The van der Waals surface area contributed by atoms with Gasteiger partial charge in [-0.05, 0) is 72.4 Å². The zero-order valence-electron chi connectivity index (χ0n) is 21.9. The fourth-order valence-corrected chi connectivity index (χ4v) is 3.69. The van der Waals surface area contributed by atoms with E-state index in [0.717, 1.165) is 29.5 Å². The topological polar surface area (TPSA) is 87.7 Å². The number of hydrogen-bond acceptors (Lipinski definition) is 4. The van der Waals surface area contributed by atoms with Crippen molar-refractivity contribution in [2.45, 2.75) is 105 Å². The molecule has 0 fully saturated rings. The molecule has 3 unspecified atom stereocenters. The molecule has 3 atom stereocenters. The van der Waals surface area contributed by atoms with Crippen LogP contribution in [0.3, 0.4) is 0 Å². The normalized spacial score (nSPS) is 14.1. The molecule has 0 heterocycles. The van der Waals surface area contributed by atoms with Gasteiger partial charge in [-0.2, -0.15) is 0 Å². The monoisotopic (exact) mass is 461 g/mol. The Balaban J connectivity index is 3.34. The van der Waals surface area contributed by atoms with Gasteiger partial charge in [0.15, 0.2) is 0 Å². The molecular weight excluding hydrogens is 418 g/mol. The van der Waals surface area contributed by atoms with Crippen molar-refractivity contribution >= 4 is 17.9 Å². The molecule has 0 aliphatic rings. The minimum atomic E-state index is -0.799. The summed E-state index contributed by atoms with van der Waals surface area (Å²) in [6.45, 7) is 16.9. The third-order valence-electron chi connectivity index (χ3n) is 5.50. The Bertz CT molecular complexity index is 816. The quantitative estimate of drug-likeness (QED) is 0.524. The lowest BCUT2D eigenvalue weighted by atomic mass is 9.95. The fraction of sp³-hybridized carbons (Fsp3) is 0.654. The maximum atomic E-state index is 13.6. The van der Waals surface area contributed by atoms with E-state index in [0.29, 0.717) is 6.42 Å². The predicted octanol–water partition coefficient (Wildman–Crippen LogP) is 4.80. The van der Waals surface area contributed by atoms with Gasteiger partial charge in [0.05, 0.1) is 0 Å². The van der Waals surface area contributed by atoms with E-state index in [1.54, 1.807) is 25.7 Å². The second-order valence-electron chi connectivity index (χ2n) is 9.87. The van der Waals surface area contributed by atoms with Gasteiger partial charge < -0.3 is 20.3 Å². The van der Waals surface area contributed by atoms with Crippen molar-refractivity contribution in [2.24, 2.45) is 0 Å². The molecule has 0 bridgehead atoms. The molecule has 1 rings (SSSR count). The van der Waals surface area contributed by atoms with Crippen molar-refractivity contribution in [3.05, 3.63) is 34.9 Å². The number of alkyl carbamates (subject to hydrolysis) is 1. The van der Waals surface area contributed by atoms with Crippen LogP contribution in [0.15, 0.2) is 18.2 Å². The first-order chi connectivity index (χ1) is 15.3. The largest absolute Gasteiger partial charge is 0.444 e. The Morgan fingerprint density at radius 1 is 1.09 bits per heavy atom. The lowest BCUT2D eigenvalue weighted by Gasteiger charge is -2.37. The summed E-state index contributed by atoms with van der Waals surface area (Å²) >= 11 is 0. The molecule has 3 amide bonds. The Kier molecular flexibility index (Phi) is 10.9. The highest BCUT2D eigenvalue weighted by Gasteiger charge is 2.35. The maximum Gasteiger partial charge on any atom is 0.408 e. The van der Waals surface area contributed by atoms with Gasteiger partial charge in [0.2, 0.25) is 11.8 Å². The van der Waals surface area contributed by atoms with Crippen LogP contribution in [-0.4, -0.2) is 47.0 Å². The first-order valence-corrected chi connectivity index (χ1v) is 12.0. The summed E-state index contributed by atoms with van der Waals surface area (Å²) in [7, 11) is 0. The SMILES string of the molecule is CCCC(C)NC(=O)C(c1cc(C)ccc1C)N(C(=O)CNC(=O)OC(C)(C)C)C(C)CC. The van der Waals surface area contributed by atoms with Gasteiger partial charge in [0.1, 0.15) is 18.2 Å². The predicted molar refractivity (Wildman–Crippen MR) is 132 cm³/mol. The van der Waals surface area contributed by atoms with E-state index in [9.17, 15) is 14.4 Å². The summed E-state index contributed by atoms with van der Waals surface area (Å²) in [6, 6.07) is 4.91. The summed E-state index contributed by atoms with van der Waals surface area (Å²) in [5.41, 5.74) is 2.07. The third kappa shape index (κ3) is 9.06. The van der Waals surface area contributed by atoms with Crippen molar-refractivity contribution in [1.29, 1.82) is 0 Å². The van der Waals surface area contributed by atoms with E-state index < -0.39 is 17.7 Å². The number of hydrogen-bond donors (Lipinski definition) is 2. The Morgan fingerprint density at radius 2 is 1.73 bits per heavy atom. The van der Waals surface area contributed by atoms with Gasteiger partial charge in [-0.3, -0.25) is 9.59 Å². The molecule has 1 aromatic carbocycles. The maximum absolute atomic E-state index is 13.6. The molecule has 0 aliphatic carbocycles. The molecular formula is C26H43N3O4. The van der Waals surface area contributed by atoms with Gasteiger partial charge in [-0.1, -0.05) is 44.0 Å². The Morgan fingerprint density at radius 3 is 2.27 bits per heavy atom. The molecule has 7 nitrogen and oxygen atoms in total. The average Bonchev–Trinajstić information content (AvgIpc) is 2.70. The number of ether oxygens (including phenoxy) is 1. The van der Waals surface area contributed by atoms with Crippen LogP contribution in [0.1, 0.15) is 90.5 Å². The zero-order chi connectivity index (χ0) is 25.3. The summed E-state index contributed by atoms with van der Waals surface area (Å²) in [5, 5.41) is 5.64. The van der Waals surface area contributed by atoms with Crippen molar-refractivity contribution < 1.29 is 19.1 Å². The Hall–Kier alpha value is -2.57. The van der Waals surface area contributed by atoms with Crippen molar-refractivity contribution in [3.63, 3.8) is 0 Å². The number of carbonyl (C=O) groups excluding carboxylic acids is 3. The van der Waals surface area contributed by atoms with Gasteiger partial charge in [0.25, 0.3) is 0 Å². The van der Waals surface area contributed by atoms with Gasteiger partial charge in [0, 0.05) is 12.1 Å². The van der Waals surface area contributed by atoms with E-state index in [1.165, 1.54) is 0 Å². The lowest BCUT2D eigenvalue weighted by molar-refractivity contribution is -0.143. The molecule has 0 spiro atoms. The van der Waals surface area contributed by atoms with Crippen molar-refractivity contribution in [3.8, 4) is 0 Å². The highest BCUT2D eigenvalue weighted by atomic mass is 16.6. The van der Waals surface area contributed by atoms with Crippen LogP contribution in [0.2, 0.25) is 0 Å². The summed E-state index contributed by atoms with van der Waals surface area (Å²) in [5.74, 6) is -0.546. The van der Waals surface area contributed by atoms with Crippen molar-refractivity contribution in [1.82, 2.24) is 15.5 Å². The Labute approximate surface area is 199 Å².